The van der Waals surface area contributed by atoms with Gasteiger partial charge in [-0.25, -0.2) is 9.78 Å². The summed E-state index contributed by atoms with van der Waals surface area (Å²) in [4.78, 5) is 74.8. The van der Waals surface area contributed by atoms with Crippen LogP contribution in [0.3, 0.4) is 0 Å². The van der Waals surface area contributed by atoms with Gasteiger partial charge in [0.05, 0.1) is 38.0 Å². The Kier molecular flexibility index (Phi) is 11.1. The van der Waals surface area contributed by atoms with E-state index in [-0.39, 0.29) is 45.6 Å². The number of nitrogens with one attached hydrogen (secondary N) is 2. The molecule has 1 aromatic heterocycles. The first-order valence-corrected chi connectivity index (χ1v) is 18.4. The Labute approximate surface area is 307 Å². The number of aromatic hydroxyl groups is 2. The van der Waals surface area contributed by atoms with Crippen molar-refractivity contribution < 1.29 is 53.3 Å². The molecule has 2 aromatic rings. The summed E-state index contributed by atoms with van der Waals surface area (Å²) in [5.74, 6) is -3.65. The van der Waals surface area contributed by atoms with Crippen LogP contribution in [-0.2, 0) is 24.0 Å². The van der Waals surface area contributed by atoms with Gasteiger partial charge in [0.15, 0.2) is 28.6 Å². The number of nitrogens with two attached hydrogens (primary N) is 1. The fraction of sp³-hybridized carbons (Fsp3) is 0.485. The number of carboxylic acids is 1. The molecule has 1 aromatic carbocycles. The SMILES string of the molecule is CC[C@@H]1C[C@H](NC(=O)c2ccc(O)c(O)c2OC)CC[N+]1(C)CC1=C(C=O)N2C(=O)[C@@H](NC(=O)/C(=N\OC(C)(C)C(=O)O)c3csc(N)n3)[C@H]2SC1. The second kappa shape index (κ2) is 15.0. The number of hydrogen-bond acceptors (Lipinski definition) is 14. The fourth-order valence-electron chi connectivity index (χ4n) is 6.66. The molecule has 3 aliphatic heterocycles. The van der Waals surface area contributed by atoms with E-state index in [1.165, 1.54) is 55.1 Å². The number of aliphatic carboxylic acids is 1. The van der Waals surface area contributed by atoms with E-state index in [1.807, 2.05) is 0 Å². The molecule has 2 fully saturated rings. The molecular formula is C33H42N7O10S2+. The molecule has 7 N–H and O–H groups in total. The number of hydrogen-bond donors (Lipinski definition) is 6. The van der Waals surface area contributed by atoms with E-state index >= 15 is 0 Å². The molecule has 3 amide bonds. The number of anilines is 1. The highest BCUT2D eigenvalue weighted by Gasteiger charge is 2.54. The van der Waals surface area contributed by atoms with Crippen LogP contribution < -0.4 is 21.1 Å². The number of aldehydes is 1. The predicted molar refractivity (Wildman–Crippen MR) is 191 cm³/mol. The van der Waals surface area contributed by atoms with Crippen molar-refractivity contribution in [2.45, 2.75) is 69.1 Å². The summed E-state index contributed by atoms with van der Waals surface area (Å²) in [6, 6.07) is 1.54. The van der Waals surface area contributed by atoms with Crippen molar-refractivity contribution in [1.82, 2.24) is 20.5 Å². The highest BCUT2D eigenvalue weighted by molar-refractivity contribution is 8.00. The molecule has 0 spiro atoms. The van der Waals surface area contributed by atoms with Crippen LogP contribution in [0.1, 0.15) is 56.1 Å². The van der Waals surface area contributed by atoms with Crippen LogP contribution >= 0.6 is 23.1 Å². The lowest BCUT2D eigenvalue weighted by atomic mass is 9.91. The Morgan fingerprint density at radius 2 is 1.98 bits per heavy atom. The number of likely N-dealkylation sites (tertiary alicyclic amines) is 1. The number of phenolic OH excluding ortho intramolecular Hbond substituents is 2. The zero-order valence-electron chi connectivity index (χ0n) is 29.2. The van der Waals surface area contributed by atoms with Crippen LogP contribution in [0.4, 0.5) is 5.13 Å². The molecule has 5 atom stereocenters. The second-order valence-corrected chi connectivity index (χ2v) is 15.5. The second-order valence-electron chi connectivity index (χ2n) is 13.5. The Morgan fingerprint density at radius 3 is 2.60 bits per heavy atom. The number of methoxy groups -OCH3 is 1. The maximum atomic E-state index is 13.5. The van der Waals surface area contributed by atoms with Gasteiger partial charge in [0.25, 0.3) is 17.7 Å². The van der Waals surface area contributed by atoms with Crippen molar-refractivity contribution >= 4 is 63.9 Å². The number of β-lactam (4-membered cyclic amide) rings is 1. The zero-order valence-corrected chi connectivity index (χ0v) is 30.9. The normalized spacial score (nSPS) is 24.8. The van der Waals surface area contributed by atoms with Crippen molar-refractivity contribution in [3.63, 3.8) is 0 Å². The van der Waals surface area contributed by atoms with E-state index < -0.39 is 52.2 Å². The van der Waals surface area contributed by atoms with Gasteiger partial charge in [-0.05, 0) is 32.4 Å². The molecule has 0 radical (unpaired) electrons. The summed E-state index contributed by atoms with van der Waals surface area (Å²) in [5, 5.41) is 39.9. The number of likely N-dealkylation sites (N-methyl/N-ethyl adjacent to an activating group) is 1. The van der Waals surface area contributed by atoms with Crippen LogP contribution in [-0.4, -0.2) is 127 Å². The number of allylic oxidation sites excluding steroid dienone is 1. The molecule has 3 aliphatic rings. The van der Waals surface area contributed by atoms with Crippen molar-refractivity contribution in [2.24, 2.45) is 5.16 Å². The van der Waals surface area contributed by atoms with Crippen molar-refractivity contribution in [3.8, 4) is 17.2 Å². The smallest absolute Gasteiger partial charge is 0.350 e. The number of rotatable bonds is 13. The molecule has 52 heavy (non-hydrogen) atoms. The predicted octanol–water partition coefficient (Wildman–Crippen LogP) is 1.40. The minimum absolute atomic E-state index is 0.0435. The summed E-state index contributed by atoms with van der Waals surface area (Å²) >= 11 is 2.45. The summed E-state index contributed by atoms with van der Waals surface area (Å²) < 4.78 is 5.75. The van der Waals surface area contributed by atoms with Crippen LogP contribution in [0.25, 0.3) is 0 Å². The number of thioether (sulfide) groups is 1. The maximum Gasteiger partial charge on any atom is 0.350 e. The molecule has 1 unspecified atom stereocenters. The first-order valence-electron chi connectivity index (χ1n) is 16.4. The average Bonchev–Trinajstić information content (AvgIpc) is 3.54. The monoisotopic (exact) mass is 760 g/mol. The number of carboxylic acid groups (broad SMARTS) is 1. The van der Waals surface area contributed by atoms with Gasteiger partial charge in [-0.2, -0.15) is 0 Å². The van der Waals surface area contributed by atoms with Crippen LogP contribution in [0.5, 0.6) is 17.2 Å². The van der Waals surface area contributed by atoms with Crippen LogP contribution in [0.2, 0.25) is 0 Å². The van der Waals surface area contributed by atoms with E-state index in [1.54, 1.807) is 0 Å². The number of oxime groups is 1. The number of piperidine rings is 1. The Balaban J connectivity index is 1.27. The number of fused-ring (bicyclic) bond motifs is 1. The number of nitrogen functional groups attached to an aromatic ring is 1. The molecule has 17 nitrogen and oxygen atoms in total. The summed E-state index contributed by atoms with van der Waals surface area (Å²) in [5.41, 5.74) is 4.83. The minimum atomic E-state index is -1.76. The van der Waals surface area contributed by atoms with Gasteiger partial charge in [-0.1, -0.05) is 12.1 Å². The number of nitrogens with zero attached hydrogens (tertiary/aromatic N) is 4. The number of benzene rings is 1. The number of amides is 3. The van der Waals surface area contributed by atoms with Crippen molar-refractivity contribution in [1.29, 1.82) is 0 Å². The number of phenols is 2. The topological polar surface area (TPSA) is 243 Å². The summed E-state index contributed by atoms with van der Waals surface area (Å²) in [7, 11) is 3.40. The van der Waals surface area contributed by atoms with E-state index in [9.17, 15) is 39.3 Å². The standard InChI is InChI=1S/C33H41N7O10S2/c1-6-18-11-17(35-27(44)19-7-8-22(42)25(43)26(19)49-5)9-10-40(18,4)12-16-14-51-30-24(29(46)39(30)21(16)13-41)37-28(45)23(20-15-52-32(34)36-20)38-50-33(2,3)31(47)48/h7-8,13,15,17-18,24,30H,6,9-12,14H2,1-5H3,(H6-,34,35,36,37,38,42,43,44,45,47,48)/p+1/t17-,18-,24-,30-,40?/m1/s1. The summed E-state index contributed by atoms with van der Waals surface area (Å²) in [6.07, 6.45) is 2.72. The Bertz CT molecular complexity index is 1850. The number of thiazole rings is 1. The number of aromatic nitrogens is 1. The molecule has 19 heteroatoms. The molecular weight excluding hydrogens is 719 g/mol. The lowest BCUT2D eigenvalue weighted by Gasteiger charge is -2.51. The molecule has 4 heterocycles. The molecule has 2 saturated heterocycles. The van der Waals surface area contributed by atoms with E-state index in [4.69, 9.17) is 15.3 Å². The van der Waals surface area contributed by atoms with E-state index in [0.717, 1.165) is 23.3 Å². The maximum absolute atomic E-state index is 13.5. The third-order valence-corrected chi connectivity index (χ3v) is 11.7. The fourth-order valence-corrected chi connectivity index (χ4v) is 8.56. The number of ether oxygens (including phenoxy) is 1. The first kappa shape index (κ1) is 38.4. The first-order chi connectivity index (χ1) is 24.5. The molecule has 5 rings (SSSR count). The molecule has 0 bridgehead atoms. The van der Waals surface area contributed by atoms with Gasteiger partial charge in [0.1, 0.15) is 23.7 Å². The highest BCUT2D eigenvalue weighted by Crippen LogP contribution is 2.42. The van der Waals surface area contributed by atoms with Gasteiger partial charge >= 0.3 is 5.97 Å². The lowest BCUT2D eigenvalue weighted by molar-refractivity contribution is -0.934. The zero-order chi connectivity index (χ0) is 38.1. The van der Waals surface area contributed by atoms with Gasteiger partial charge in [-0.15, -0.1) is 23.1 Å². The Hall–Kier alpha value is -4.88. The lowest BCUT2D eigenvalue weighted by Crippen LogP contribution is -2.71. The van der Waals surface area contributed by atoms with Gasteiger partial charge in [0, 0.05) is 35.6 Å². The van der Waals surface area contributed by atoms with E-state index in [0.29, 0.717) is 42.5 Å². The number of carbonyl (C=O) groups is 5. The highest BCUT2D eigenvalue weighted by atomic mass is 32.2. The number of carbonyl (C=O) groups excluding carboxylic acids is 4. The molecule has 0 saturated carbocycles. The van der Waals surface area contributed by atoms with Crippen molar-refractivity contribution in [3.05, 3.63) is 40.0 Å². The third kappa shape index (κ3) is 7.38. The quantitative estimate of drug-likeness (QED) is 0.0423. The van der Waals surface area contributed by atoms with E-state index in [2.05, 4.69) is 34.7 Å². The van der Waals surface area contributed by atoms with Crippen LogP contribution in [0.15, 0.2) is 33.9 Å². The third-order valence-electron chi connectivity index (χ3n) is 9.70. The Morgan fingerprint density at radius 1 is 1.25 bits per heavy atom. The summed E-state index contributed by atoms with van der Waals surface area (Å²) in [6.45, 7) is 5.74. The number of quaternary nitrogens is 1. The van der Waals surface area contributed by atoms with Gasteiger partial charge in [0.2, 0.25) is 11.4 Å². The largest absolute Gasteiger partial charge is 0.504 e. The van der Waals surface area contributed by atoms with Crippen LogP contribution in [0, 0.1) is 0 Å². The van der Waals surface area contributed by atoms with Crippen molar-refractivity contribution in [2.75, 3.05) is 38.7 Å². The van der Waals surface area contributed by atoms with Gasteiger partial charge < -0.3 is 45.7 Å². The molecule has 280 valence electrons. The molecule has 0 aliphatic carbocycles. The average molecular weight is 761 g/mol. The minimum Gasteiger partial charge on any atom is -0.504 e. The van der Waals surface area contributed by atoms with Gasteiger partial charge in [-0.3, -0.25) is 24.1 Å².